The van der Waals surface area contributed by atoms with Crippen LogP contribution in [-0.2, 0) is 0 Å². The fraction of sp³-hybridized carbons (Fsp3) is 0.300. The van der Waals surface area contributed by atoms with Crippen LogP contribution in [0.2, 0.25) is 0 Å². The predicted molar refractivity (Wildman–Crippen MR) is 72.5 cm³/mol. The minimum Gasteiger partial charge on any atom is -0.383 e. The first-order chi connectivity index (χ1) is 8.02. The number of aryl methyl sites for hydroxylation is 1. The van der Waals surface area contributed by atoms with Gasteiger partial charge < -0.3 is 5.73 Å². The Kier molecular flexibility index (Phi) is 3.39. The van der Waals surface area contributed by atoms with Crippen molar-refractivity contribution in [1.82, 2.24) is 19.7 Å². The molecule has 17 heavy (non-hydrogen) atoms. The van der Waals surface area contributed by atoms with Crippen LogP contribution in [0.4, 0.5) is 5.82 Å². The number of anilines is 1. The maximum Gasteiger partial charge on any atom is 0.191 e. The first-order valence-corrected chi connectivity index (χ1v) is 6.95. The van der Waals surface area contributed by atoms with E-state index in [9.17, 15) is 0 Å². The van der Waals surface area contributed by atoms with Crippen molar-refractivity contribution >= 4 is 33.5 Å². The first kappa shape index (κ1) is 12.4. The number of nitrogens with two attached hydrogens (primary N) is 1. The Morgan fingerprint density at radius 1 is 1.35 bits per heavy atom. The molecule has 0 amide bonds. The lowest BCUT2D eigenvalue weighted by atomic mass is 10.4. The quantitative estimate of drug-likeness (QED) is 0.680. The first-order valence-electron chi connectivity index (χ1n) is 4.93. The molecule has 2 N–H and O–H groups in total. The van der Waals surface area contributed by atoms with Crippen LogP contribution in [0.25, 0.3) is 5.82 Å². The standard InChI is InChI=1S/C10H12BrN5S/c1-5-9(11)6(2)16(15-5)8-4-7(12)13-10(14-8)17-3/h4H,1-3H3,(H2,12,13,14). The highest BCUT2D eigenvalue weighted by atomic mass is 79.9. The molecule has 0 bridgehead atoms. The molecule has 7 heteroatoms. The molecule has 0 aliphatic carbocycles. The number of rotatable bonds is 2. The average Bonchev–Trinajstić information content (AvgIpc) is 2.56. The third-order valence-corrected chi connectivity index (χ3v) is 4.01. The second kappa shape index (κ2) is 4.66. The van der Waals surface area contributed by atoms with Crippen molar-refractivity contribution in [3.05, 3.63) is 21.9 Å². The van der Waals surface area contributed by atoms with Crippen LogP contribution in [0.5, 0.6) is 0 Å². The SMILES string of the molecule is CSc1nc(N)cc(-n2nc(C)c(Br)c2C)n1. The summed E-state index contributed by atoms with van der Waals surface area (Å²) < 4.78 is 2.75. The molecular weight excluding hydrogens is 302 g/mol. The number of thioether (sulfide) groups is 1. The molecule has 0 atom stereocenters. The zero-order valence-electron chi connectivity index (χ0n) is 9.73. The molecule has 0 fully saturated rings. The number of nitrogens with zero attached hydrogens (tertiary/aromatic N) is 4. The lowest BCUT2D eigenvalue weighted by molar-refractivity contribution is 0.779. The van der Waals surface area contributed by atoms with Crippen molar-refractivity contribution in [2.45, 2.75) is 19.0 Å². The summed E-state index contributed by atoms with van der Waals surface area (Å²) in [6, 6.07) is 1.71. The maximum atomic E-state index is 5.75. The van der Waals surface area contributed by atoms with Crippen molar-refractivity contribution < 1.29 is 0 Å². The second-order valence-corrected chi connectivity index (χ2v) is 5.10. The number of halogens is 1. The van der Waals surface area contributed by atoms with Gasteiger partial charge in [0.15, 0.2) is 11.0 Å². The van der Waals surface area contributed by atoms with E-state index in [0.717, 1.165) is 15.9 Å². The number of aromatic nitrogens is 4. The molecular formula is C10H12BrN5S. The fourth-order valence-corrected chi connectivity index (χ4v) is 2.11. The highest BCUT2D eigenvalue weighted by Crippen LogP contribution is 2.23. The third-order valence-electron chi connectivity index (χ3n) is 2.31. The van der Waals surface area contributed by atoms with E-state index >= 15 is 0 Å². The minimum atomic E-state index is 0.447. The van der Waals surface area contributed by atoms with E-state index in [-0.39, 0.29) is 0 Å². The van der Waals surface area contributed by atoms with Gasteiger partial charge in [0.05, 0.1) is 15.9 Å². The summed E-state index contributed by atoms with van der Waals surface area (Å²) in [4.78, 5) is 8.50. The summed E-state index contributed by atoms with van der Waals surface area (Å²) in [7, 11) is 0. The van der Waals surface area contributed by atoms with Gasteiger partial charge in [0.2, 0.25) is 0 Å². The highest BCUT2D eigenvalue weighted by molar-refractivity contribution is 9.10. The zero-order chi connectivity index (χ0) is 12.6. The Hall–Kier alpha value is -1.08. The van der Waals surface area contributed by atoms with Crippen LogP contribution in [0, 0.1) is 13.8 Å². The topological polar surface area (TPSA) is 69.6 Å². The number of hydrogen-bond acceptors (Lipinski definition) is 5. The van der Waals surface area contributed by atoms with Gasteiger partial charge in [-0.2, -0.15) is 5.10 Å². The summed E-state index contributed by atoms with van der Waals surface area (Å²) in [6.07, 6.45) is 1.91. The molecule has 90 valence electrons. The van der Waals surface area contributed by atoms with Crippen molar-refractivity contribution in [2.75, 3.05) is 12.0 Å². The molecule has 5 nitrogen and oxygen atoms in total. The lowest BCUT2D eigenvalue weighted by Gasteiger charge is -2.05. The average molecular weight is 314 g/mol. The van der Waals surface area contributed by atoms with E-state index in [0.29, 0.717) is 16.8 Å². The van der Waals surface area contributed by atoms with Gasteiger partial charge in [-0.1, -0.05) is 11.8 Å². The van der Waals surface area contributed by atoms with Crippen LogP contribution in [-0.4, -0.2) is 26.0 Å². The Morgan fingerprint density at radius 2 is 2.06 bits per heavy atom. The van der Waals surface area contributed by atoms with Crippen LogP contribution in [0.3, 0.4) is 0 Å². The van der Waals surface area contributed by atoms with Crippen molar-refractivity contribution in [1.29, 1.82) is 0 Å². The Morgan fingerprint density at radius 3 is 2.59 bits per heavy atom. The van der Waals surface area contributed by atoms with Crippen molar-refractivity contribution in [3.63, 3.8) is 0 Å². The molecule has 0 unspecified atom stereocenters. The van der Waals surface area contributed by atoms with Gasteiger partial charge in [-0.05, 0) is 36.0 Å². The van der Waals surface area contributed by atoms with Gasteiger partial charge in [-0.3, -0.25) is 0 Å². The monoisotopic (exact) mass is 313 g/mol. The van der Waals surface area contributed by atoms with Gasteiger partial charge in [-0.25, -0.2) is 14.6 Å². The van der Waals surface area contributed by atoms with Crippen LogP contribution in [0.15, 0.2) is 15.7 Å². The van der Waals surface area contributed by atoms with Gasteiger partial charge in [0.1, 0.15) is 5.82 Å². The molecule has 0 radical (unpaired) electrons. The highest BCUT2D eigenvalue weighted by Gasteiger charge is 2.12. The van der Waals surface area contributed by atoms with E-state index in [1.807, 2.05) is 20.1 Å². The van der Waals surface area contributed by atoms with Gasteiger partial charge >= 0.3 is 0 Å². The maximum absolute atomic E-state index is 5.75. The van der Waals surface area contributed by atoms with Crippen LogP contribution < -0.4 is 5.73 Å². The minimum absolute atomic E-state index is 0.447. The Balaban J connectivity index is 2.59. The van der Waals surface area contributed by atoms with Gasteiger partial charge in [0, 0.05) is 6.07 Å². The van der Waals surface area contributed by atoms with E-state index in [2.05, 4.69) is 31.0 Å². The lowest BCUT2D eigenvalue weighted by Crippen LogP contribution is -2.05. The summed E-state index contributed by atoms with van der Waals surface area (Å²) in [6.45, 7) is 3.91. The summed E-state index contributed by atoms with van der Waals surface area (Å²) in [5.41, 5.74) is 7.66. The molecule has 2 aromatic rings. The largest absolute Gasteiger partial charge is 0.383 e. The fourth-order valence-electron chi connectivity index (χ4n) is 1.48. The zero-order valence-corrected chi connectivity index (χ0v) is 12.1. The summed E-state index contributed by atoms with van der Waals surface area (Å²) in [5, 5.41) is 5.05. The Bertz CT molecular complexity index is 566. The predicted octanol–water partition coefficient (Wildman–Crippen LogP) is 2.35. The van der Waals surface area contributed by atoms with E-state index in [1.165, 1.54) is 11.8 Å². The molecule has 2 rings (SSSR count). The number of nitrogen functional groups attached to an aromatic ring is 1. The summed E-state index contributed by atoms with van der Waals surface area (Å²) >= 11 is 4.94. The second-order valence-electron chi connectivity index (χ2n) is 3.53. The molecule has 0 aliphatic rings. The summed E-state index contributed by atoms with van der Waals surface area (Å²) in [5.74, 6) is 1.14. The van der Waals surface area contributed by atoms with Gasteiger partial charge in [0.25, 0.3) is 0 Å². The molecule has 0 spiro atoms. The molecule has 0 aliphatic heterocycles. The van der Waals surface area contributed by atoms with Crippen molar-refractivity contribution in [3.8, 4) is 5.82 Å². The molecule has 2 aromatic heterocycles. The molecule has 0 aromatic carbocycles. The van der Waals surface area contributed by atoms with Gasteiger partial charge in [-0.15, -0.1) is 0 Å². The Labute approximate surface area is 112 Å². The van der Waals surface area contributed by atoms with E-state index in [4.69, 9.17) is 5.73 Å². The third kappa shape index (κ3) is 2.30. The van der Waals surface area contributed by atoms with E-state index in [1.54, 1.807) is 10.7 Å². The normalized spacial score (nSPS) is 10.8. The van der Waals surface area contributed by atoms with E-state index < -0.39 is 0 Å². The molecule has 0 saturated heterocycles. The van der Waals surface area contributed by atoms with Crippen LogP contribution >= 0.6 is 27.7 Å². The number of hydrogen-bond donors (Lipinski definition) is 1. The van der Waals surface area contributed by atoms with Crippen molar-refractivity contribution in [2.24, 2.45) is 0 Å². The smallest absolute Gasteiger partial charge is 0.191 e. The molecule has 2 heterocycles. The van der Waals surface area contributed by atoms with Crippen LogP contribution in [0.1, 0.15) is 11.4 Å². The molecule has 0 saturated carbocycles.